The van der Waals surface area contributed by atoms with Gasteiger partial charge in [-0.15, -0.1) is 0 Å². The van der Waals surface area contributed by atoms with Crippen molar-refractivity contribution in [3.63, 3.8) is 0 Å². The summed E-state index contributed by atoms with van der Waals surface area (Å²) in [5, 5.41) is 9.77. The summed E-state index contributed by atoms with van der Waals surface area (Å²) in [6.45, 7) is 4.00. The van der Waals surface area contributed by atoms with Crippen molar-refractivity contribution in [2.45, 2.75) is 45.6 Å². The van der Waals surface area contributed by atoms with Gasteiger partial charge in [-0.2, -0.15) is 5.10 Å². The van der Waals surface area contributed by atoms with Crippen LogP contribution >= 0.6 is 0 Å². The summed E-state index contributed by atoms with van der Waals surface area (Å²) < 4.78 is 7.42. The van der Waals surface area contributed by atoms with Crippen molar-refractivity contribution in [1.82, 2.24) is 24.9 Å². The van der Waals surface area contributed by atoms with Gasteiger partial charge < -0.3 is 9.51 Å². The van der Waals surface area contributed by atoms with E-state index in [-0.39, 0.29) is 0 Å². The molecule has 1 aliphatic carbocycles. The number of nitrogens with zero attached hydrogens (tertiary/aromatic N) is 4. The average molecular weight is 321 g/mol. The van der Waals surface area contributed by atoms with Gasteiger partial charge in [-0.25, -0.2) is 9.67 Å². The Morgan fingerprint density at radius 3 is 2.83 bits per heavy atom. The van der Waals surface area contributed by atoms with Gasteiger partial charge in [0.1, 0.15) is 11.3 Å². The summed E-state index contributed by atoms with van der Waals surface area (Å²) in [7, 11) is 0. The summed E-state index contributed by atoms with van der Waals surface area (Å²) in [4.78, 5) is 8.32. The van der Waals surface area contributed by atoms with Crippen LogP contribution in [0.3, 0.4) is 0 Å². The number of rotatable bonds is 2. The van der Waals surface area contributed by atoms with Gasteiger partial charge in [0.25, 0.3) is 0 Å². The highest BCUT2D eigenvalue weighted by Crippen LogP contribution is 2.33. The van der Waals surface area contributed by atoms with Gasteiger partial charge in [-0.3, -0.25) is 0 Å². The van der Waals surface area contributed by atoms with Crippen LogP contribution in [0.4, 0.5) is 0 Å². The number of hydrogen-bond donors (Lipinski definition) is 1. The van der Waals surface area contributed by atoms with Crippen LogP contribution in [-0.2, 0) is 0 Å². The van der Waals surface area contributed by atoms with Gasteiger partial charge in [0.15, 0.2) is 11.2 Å². The highest BCUT2D eigenvalue weighted by Gasteiger charge is 2.23. The van der Waals surface area contributed by atoms with Crippen LogP contribution in [0.1, 0.15) is 43.1 Å². The normalized spacial score (nSPS) is 15.9. The minimum absolute atomic E-state index is 0.486. The van der Waals surface area contributed by atoms with Crippen LogP contribution in [0.2, 0.25) is 0 Å². The number of H-pyrrole nitrogens is 1. The number of aryl methyl sites for hydroxylation is 2. The zero-order chi connectivity index (χ0) is 16.3. The molecule has 5 rings (SSSR count). The van der Waals surface area contributed by atoms with Crippen LogP contribution in [0.25, 0.3) is 33.5 Å². The quantitative estimate of drug-likeness (QED) is 0.597. The van der Waals surface area contributed by atoms with E-state index in [0.717, 1.165) is 44.9 Å². The Bertz CT molecular complexity index is 1050. The number of imidazole rings is 1. The third-order valence-electron chi connectivity index (χ3n) is 5.12. The van der Waals surface area contributed by atoms with Crippen molar-refractivity contribution < 1.29 is 4.52 Å². The molecule has 24 heavy (non-hydrogen) atoms. The molecule has 0 aliphatic heterocycles. The molecule has 1 aliphatic rings. The highest BCUT2D eigenvalue weighted by atomic mass is 16.5. The second kappa shape index (κ2) is 4.93. The molecule has 4 aromatic rings. The van der Waals surface area contributed by atoms with Gasteiger partial charge >= 0.3 is 0 Å². The van der Waals surface area contributed by atoms with E-state index in [4.69, 9.17) is 14.6 Å². The standard InChI is InChI=1S/C18H19N5O/c1-10-14-9-12(7-8-15(14)24-22-10)17-19-16-11(2)21-23(18(16)20-17)13-5-3-4-6-13/h7-9,13H,3-6H2,1-2H3,(H,19,20). The maximum Gasteiger partial charge on any atom is 0.177 e. The minimum atomic E-state index is 0.486. The lowest BCUT2D eigenvalue weighted by atomic mass is 10.1. The molecule has 6 nitrogen and oxygen atoms in total. The number of nitrogens with one attached hydrogen (secondary N) is 1. The molecule has 0 unspecified atom stereocenters. The summed E-state index contributed by atoms with van der Waals surface area (Å²) >= 11 is 0. The van der Waals surface area contributed by atoms with E-state index in [1.54, 1.807) is 0 Å². The SMILES string of the molecule is Cc1noc2ccc(-c3nc4c([nH]3)c(C)nn4C3CCCC3)cc12. The summed E-state index contributed by atoms with van der Waals surface area (Å²) in [5.41, 5.74) is 5.77. The predicted octanol–water partition coefficient (Wildman–Crippen LogP) is 4.30. The first kappa shape index (κ1) is 13.8. The van der Waals surface area contributed by atoms with Crippen molar-refractivity contribution in [2.75, 3.05) is 0 Å². The molecular formula is C18H19N5O. The molecule has 0 atom stereocenters. The maximum absolute atomic E-state index is 5.29. The lowest BCUT2D eigenvalue weighted by molar-refractivity contribution is 0.450. The zero-order valence-electron chi connectivity index (χ0n) is 13.8. The van der Waals surface area contributed by atoms with E-state index < -0.39 is 0 Å². The topological polar surface area (TPSA) is 72.5 Å². The third kappa shape index (κ3) is 1.92. The van der Waals surface area contributed by atoms with Crippen LogP contribution in [0.15, 0.2) is 22.7 Å². The Balaban J connectivity index is 1.66. The van der Waals surface area contributed by atoms with Gasteiger partial charge in [0, 0.05) is 10.9 Å². The Morgan fingerprint density at radius 2 is 2.00 bits per heavy atom. The summed E-state index contributed by atoms with van der Waals surface area (Å²) in [5.74, 6) is 0.875. The van der Waals surface area contributed by atoms with E-state index >= 15 is 0 Å². The number of hydrogen-bond acceptors (Lipinski definition) is 4. The first-order valence-corrected chi connectivity index (χ1v) is 8.52. The molecule has 3 aromatic heterocycles. The Hall–Kier alpha value is -2.63. The van der Waals surface area contributed by atoms with E-state index in [1.165, 1.54) is 25.7 Å². The van der Waals surface area contributed by atoms with Crippen LogP contribution in [-0.4, -0.2) is 24.9 Å². The van der Waals surface area contributed by atoms with Gasteiger partial charge in [-0.1, -0.05) is 18.0 Å². The van der Waals surface area contributed by atoms with Crippen LogP contribution < -0.4 is 0 Å². The molecule has 0 bridgehead atoms. The van der Waals surface area contributed by atoms with Gasteiger partial charge in [0.2, 0.25) is 0 Å². The van der Waals surface area contributed by atoms with Crippen molar-refractivity contribution in [2.24, 2.45) is 0 Å². The van der Waals surface area contributed by atoms with Crippen LogP contribution in [0, 0.1) is 13.8 Å². The first-order valence-electron chi connectivity index (χ1n) is 8.52. The summed E-state index contributed by atoms with van der Waals surface area (Å²) in [6, 6.07) is 6.54. The molecule has 122 valence electrons. The maximum atomic E-state index is 5.29. The molecule has 1 fully saturated rings. The van der Waals surface area contributed by atoms with E-state index in [0.29, 0.717) is 6.04 Å². The molecule has 0 spiro atoms. The van der Waals surface area contributed by atoms with E-state index in [2.05, 4.69) is 20.9 Å². The molecule has 1 aromatic carbocycles. The van der Waals surface area contributed by atoms with Crippen LogP contribution in [0.5, 0.6) is 0 Å². The number of aromatic amines is 1. The molecule has 0 radical (unpaired) electrons. The zero-order valence-corrected chi connectivity index (χ0v) is 13.8. The largest absolute Gasteiger partial charge is 0.356 e. The smallest absolute Gasteiger partial charge is 0.177 e. The Morgan fingerprint density at radius 1 is 1.17 bits per heavy atom. The van der Waals surface area contributed by atoms with Gasteiger partial charge in [0.05, 0.1) is 17.4 Å². The second-order valence-corrected chi connectivity index (χ2v) is 6.73. The van der Waals surface area contributed by atoms with E-state index in [1.807, 2.05) is 26.0 Å². The van der Waals surface area contributed by atoms with Gasteiger partial charge in [-0.05, 0) is 44.9 Å². The molecular weight excluding hydrogens is 302 g/mol. The fourth-order valence-corrected chi connectivity index (χ4v) is 3.79. The molecule has 3 heterocycles. The van der Waals surface area contributed by atoms with Crippen molar-refractivity contribution in [3.8, 4) is 11.4 Å². The molecule has 0 amide bonds. The predicted molar refractivity (Wildman–Crippen MR) is 91.9 cm³/mol. The van der Waals surface area contributed by atoms with Crippen molar-refractivity contribution in [3.05, 3.63) is 29.6 Å². The van der Waals surface area contributed by atoms with Crippen molar-refractivity contribution in [1.29, 1.82) is 0 Å². The monoisotopic (exact) mass is 321 g/mol. The second-order valence-electron chi connectivity index (χ2n) is 6.73. The Kier molecular flexibility index (Phi) is 2.83. The fraction of sp³-hybridized carbons (Fsp3) is 0.389. The molecule has 6 heteroatoms. The molecule has 1 N–H and O–H groups in total. The lowest BCUT2D eigenvalue weighted by Crippen LogP contribution is -2.07. The fourth-order valence-electron chi connectivity index (χ4n) is 3.79. The number of aromatic nitrogens is 5. The Labute approximate surface area is 138 Å². The van der Waals surface area contributed by atoms with Crippen molar-refractivity contribution >= 4 is 22.1 Å². The first-order chi connectivity index (χ1) is 11.7. The lowest BCUT2D eigenvalue weighted by Gasteiger charge is -2.09. The highest BCUT2D eigenvalue weighted by molar-refractivity contribution is 5.86. The molecule has 1 saturated carbocycles. The van der Waals surface area contributed by atoms with E-state index in [9.17, 15) is 0 Å². The minimum Gasteiger partial charge on any atom is -0.356 e. The average Bonchev–Trinajstić information content (AvgIpc) is 3.34. The summed E-state index contributed by atoms with van der Waals surface area (Å²) in [6.07, 6.45) is 4.96. The third-order valence-corrected chi connectivity index (χ3v) is 5.12. The molecule has 0 saturated heterocycles. The number of benzene rings is 1. The number of fused-ring (bicyclic) bond motifs is 2.